The van der Waals surface area contributed by atoms with Crippen molar-refractivity contribution in [3.63, 3.8) is 0 Å². The summed E-state index contributed by atoms with van der Waals surface area (Å²) in [6.07, 6.45) is 0. The lowest BCUT2D eigenvalue weighted by atomic mass is 10.3. The molecule has 2 rings (SSSR count). The van der Waals surface area contributed by atoms with Gasteiger partial charge in [-0.3, -0.25) is 10.1 Å². The van der Waals surface area contributed by atoms with E-state index in [4.69, 9.17) is 4.74 Å². The standard InChI is InChI=1S/C13H10BrNO3S/c1-18-11-4-2-3-5-12(11)19-13-8-9(14)6-7-10(13)15(16)17/h2-8H,1H3. The van der Waals surface area contributed by atoms with Crippen molar-refractivity contribution in [2.24, 2.45) is 0 Å². The number of para-hydroxylation sites is 1. The number of nitro groups is 1. The van der Waals surface area contributed by atoms with Crippen LogP contribution in [0.3, 0.4) is 0 Å². The number of nitro benzene ring substituents is 1. The first-order valence-electron chi connectivity index (χ1n) is 5.36. The summed E-state index contributed by atoms with van der Waals surface area (Å²) in [6, 6.07) is 12.3. The molecule has 19 heavy (non-hydrogen) atoms. The molecule has 2 aromatic carbocycles. The van der Waals surface area contributed by atoms with Crippen LogP contribution >= 0.6 is 27.7 Å². The van der Waals surface area contributed by atoms with Gasteiger partial charge >= 0.3 is 0 Å². The molecule has 0 aliphatic rings. The van der Waals surface area contributed by atoms with Gasteiger partial charge in [0.05, 0.1) is 21.8 Å². The van der Waals surface area contributed by atoms with Gasteiger partial charge in [0.2, 0.25) is 0 Å². The average molecular weight is 340 g/mol. The van der Waals surface area contributed by atoms with Crippen LogP contribution in [-0.4, -0.2) is 12.0 Å². The van der Waals surface area contributed by atoms with Gasteiger partial charge in [-0.2, -0.15) is 0 Å². The molecule has 0 bridgehead atoms. The fraction of sp³-hybridized carbons (Fsp3) is 0.0769. The molecule has 2 aromatic rings. The highest BCUT2D eigenvalue weighted by Crippen LogP contribution is 2.40. The van der Waals surface area contributed by atoms with Gasteiger partial charge < -0.3 is 4.74 Å². The van der Waals surface area contributed by atoms with Gasteiger partial charge in [-0.1, -0.05) is 39.8 Å². The maximum atomic E-state index is 11.0. The first-order chi connectivity index (χ1) is 9.11. The number of hydrogen-bond donors (Lipinski definition) is 0. The first-order valence-corrected chi connectivity index (χ1v) is 6.97. The van der Waals surface area contributed by atoms with Crippen LogP contribution in [0.25, 0.3) is 0 Å². The Balaban J connectivity index is 2.42. The zero-order chi connectivity index (χ0) is 13.8. The summed E-state index contributed by atoms with van der Waals surface area (Å²) in [5.74, 6) is 0.696. The predicted octanol–water partition coefficient (Wildman–Crippen LogP) is 4.52. The summed E-state index contributed by atoms with van der Waals surface area (Å²) in [4.78, 5) is 12.1. The van der Waals surface area contributed by atoms with Crippen LogP contribution in [0.2, 0.25) is 0 Å². The zero-order valence-corrected chi connectivity index (χ0v) is 12.4. The molecular weight excluding hydrogens is 330 g/mol. The molecule has 0 radical (unpaired) electrons. The minimum Gasteiger partial charge on any atom is -0.496 e. The maximum absolute atomic E-state index is 11.0. The van der Waals surface area contributed by atoms with Gasteiger partial charge in [0.1, 0.15) is 5.75 Å². The minimum absolute atomic E-state index is 0.0825. The largest absolute Gasteiger partial charge is 0.496 e. The normalized spacial score (nSPS) is 10.2. The lowest BCUT2D eigenvalue weighted by Gasteiger charge is -2.08. The second kappa shape index (κ2) is 6.08. The Hall–Kier alpha value is -1.53. The second-order valence-corrected chi connectivity index (χ2v) is 5.62. The van der Waals surface area contributed by atoms with E-state index in [2.05, 4.69) is 15.9 Å². The van der Waals surface area contributed by atoms with Gasteiger partial charge in [-0.15, -0.1) is 0 Å². The summed E-state index contributed by atoms with van der Waals surface area (Å²) in [5, 5.41) is 11.0. The fourth-order valence-electron chi connectivity index (χ4n) is 1.54. The van der Waals surface area contributed by atoms with E-state index in [0.29, 0.717) is 10.6 Å². The van der Waals surface area contributed by atoms with Gasteiger partial charge in [0.25, 0.3) is 5.69 Å². The Morgan fingerprint density at radius 1 is 1.21 bits per heavy atom. The highest BCUT2D eigenvalue weighted by molar-refractivity contribution is 9.10. The summed E-state index contributed by atoms with van der Waals surface area (Å²) in [5.41, 5.74) is 0.0825. The van der Waals surface area contributed by atoms with Crippen LogP contribution in [0, 0.1) is 10.1 Å². The number of ether oxygens (including phenoxy) is 1. The van der Waals surface area contributed by atoms with Crippen LogP contribution in [0.15, 0.2) is 56.7 Å². The molecule has 0 fully saturated rings. The van der Waals surface area contributed by atoms with Crippen molar-refractivity contribution in [2.45, 2.75) is 9.79 Å². The molecule has 0 aliphatic heterocycles. The molecule has 98 valence electrons. The quantitative estimate of drug-likeness (QED) is 0.607. The van der Waals surface area contributed by atoms with Crippen molar-refractivity contribution >= 4 is 33.4 Å². The third-order valence-corrected chi connectivity index (χ3v) is 4.00. The average Bonchev–Trinajstić information content (AvgIpc) is 2.39. The fourth-order valence-corrected chi connectivity index (χ4v) is 3.12. The molecule has 0 N–H and O–H groups in total. The predicted molar refractivity (Wildman–Crippen MR) is 77.9 cm³/mol. The number of rotatable bonds is 4. The van der Waals surface area contributed by atoms with E-state index in [1.807, 2.05) is 24.3 Å². The van der Waals surface area contributed by atoms with Crippen molar-refractivity contribution in [2.75, 3.05) is 7.11 Å². The van der Waals surface area contributed by atoms with Gasteiger partial charge in [0, 0.05) is 10.5 Å². The molecule has 0 heterocycles. The highest BCUT2D eigenvalue weighted by Gasteiger charge is 2.16. The molecular formula is C13H10BrNO3S. The van der Waals surface area contributed by atoms with E-state index >= 15 is 0 Å². The molecule has 0 unspecified atom stereocenters. The molecule has 4 nitrogen and oxygen atoms in total. The molecule has 0 saturated heterocycles. The lowest BCUT2D eigenvalue weighted by molar-refractivity contribution is -0.387. The molecule has 0 atom stereocenters. The van der Waals surface area contributed by atoms with E-state index in [-0.39, 0.29) is 10.6 Å². The van der Waals surface area contributed by atoms with Crippen molar-refractivity contribution in [3.8, 4) is 5.75 Å². The van der Waals surface area contributed by atoms with E-state index < -0.39 is 0 Å². The van der Waals surface area contributed by atoms with Crippen LogP contribution in [0.1, 0.15) is 0 Å². The van der Waals surface area contributed by atoms with Crippen molar-refractivity contribution < 1.29 is 9.66 Å². The zero-order valence-electron chi connectivity index (χ0n) is 10.00. The van der Waals surface area contributed by atoms with Gasteiger partial charge in [0.15, 0.2) is 0 Å². The SMILES string of the molecule is COc1ccccc1Sc1cc(Br)ccc1[N+](=O)[O-]. The van der Waals surface area contributed by atoms with E-state index in [1.54, 1.807) is 19.2 Å². The topological polar surface area (TPSA) is 52.4 Å². The van der Waals surface area contributed by atoms with Crippen molar-refractivity contribution in [1.29, 1.82) is 0 Å². The smallest absolute Gasteiger partial charge is 0.283 e. The Bertz CT molecular complexity index is 619. The molecule has 0 aromatic heterocycles. The Morgan fingerprint density at radius 2 is 1.95 bits per heavy atom. The minimum atomic E-state index is -0.385. The number of methoxy groups -OCH3 is 1. The van der Waals surface area contributed by atoms with Gasteiger partial charge in [-0.25, -0.2) is 0 Å². The van der Waals surface area contributed by atoms with Crippen LogP contribution in [-0.2, 0) is 0 Å². The van der Waals surface area contributed by atoms with E-state index in [1.165, 1.54) is 17.8 Å². The van der Waals surface area contributed by atoms with Crippen molar-refractivity contribution in [3.05, 3.63) is 57.1 Å². The van der Waals surface area contributed by atoms with Crippen molar-refractivity contribution in [1.82, 2.24) is 0 Å². The summed E-state index contributed by atoms with van der Waals surface area (Å²) in [6.45, 7) is 0. The number of benzene rings is 2. The Kier molecular flexibility index (Phi) is 4.44. The van der Waals surface area contributed by atoms with Gasteiger partial charge in [-0.05, 0) is 24.3 Å². The Labute approximate surface area is 123 Å². The molecule has 0 amide bonds. The summed E-state index contributed by atoms with van der Waals surface area (Å²) >= 11 is 4.64. The third kappa shape index (κ3) is 3.27. The number of halogens is 1. The third-order valence-electron chi connectivity index (χ3n) is 2.41. The van der Waals surface area contributed by atoms with Crippen LogP contribution in [0.4, 0.5) is 5.69 Å². The lowest BCUT2D eigenvalue weighted by Crippen LogP contribution is -1.91. The van der Waals surface area contributed by atoms with E-state index in [9.17, 15) is 10.1 Å². The summed E-state index contributed by atoms with van der Waals surface area (Å²) in [7, 11) is 1.58. The van der Waals surface area contributed by atoms with Crippen LogP contribution < -0.4 is 4.74 Å². The van der Waals surface area contributed by atoms with E-state index in [0.717, 1.165) is 9.37 Å². The Morgan fingerprint density at radius 3 is 2.63 bits per heavy atom. The maximum Gasteiger partial charge on any atom is 0.283 e. The number of hydrogen-bond acceptors (Lipinski definition) is 4. The molecule has 0 aliphatic carbocycles. The second-order valence-electron chi connectivity index (χ2n) is 3.62. The monoisotopic (exact) mass is 339 g/mol. The summed E-state index contributed by atoms with van der Waals surface area (Å²) < 4.78 is 6.05. The van der Waals surface area contributed by atoms with Crippen LogP contribution in [0.5, 0.6) is 5.75 Å². The highest BCUT2D eigenvalue weighted by atomic mass is 79.9. The number of nitrogens with zero attached hydrogens (tertiary/aromatic N) is 1. The molecule has 0 spiro atoms. The molecule has 0 saturated carbocycles. The molecule has 6 heteroatoms. The first kappa shape index (κ1) is 13.9.